The van der Waals surface area contributed by atoms with Crippen LogP contribution in [0.3, 0.4) is 0 Å². The van der Waals surface area contributed by atoms with Crippen LogP contribution < -0.4 is 10.2 Å². The average molecular weight is 216 g/mol. The van der Waals surface area contributed by atoms with Gasteiger partial charge in [0.1, 0.15) is 5.75 Å². The van der Waals surface area contributed by atoms with Gasteiger partial charge >= 0.3 is 0 Å². The van der Waals surface area contributed by atoms with E-state index in [0.717, 1.165) is 11.4 Å². The van der Waals surface area contributed by atoms with E-state index in [1.54, 1.807) is 19.4 Å². The first-order valence-corrected chi connectivity index (χ1v) is 4.86. The molecule has 0 aliphatic heterocycles. The first-order chi connectivity index (χ1) is 7.88. The Morgan fingerprint density at radius 3 is 2.50 bits per heavy atom. The van der Waals surface area contributed by atoms with Crippen LogP contribution in [-0.4, -0.2) is 12.1 Å². The van der Waals surface area contributed by atoms with Gasteiger partial charge in [-0.3, -0.25) is 10.3 Å². The van der Waals surface area contributed by atoms with Crippen LogP contribution in [0.1, 0.15) is 0 Å². The summed E-state index contributed by atoms with van der Waals surface area (Å²) in [6.45, 7) is 0. The number of para-hydroxylation sites is 1. The third-order valence-electron chi connectivity index (χ3n) is 1.92. The Balaban J connectivity index is 2.05. The second kappa shape index (κ2) is 5.14. The fraction of sp³-hybridized carbons (Fsp3) is 0.0833. The van der Waals surface area contributed by atoms with E-state index in [1.165, 1.54) is 0 Å². The lowest BCUT2D eigenvalue weighted by atomic mass is 10.3. The molecule has 0 radical (unpaired) electrons. The van der Waals surface area contributed by atoms with Gasteiger partial charge in [0.15, 0.2) is 0 Å². The van der Waals surface area contributed by atoms with Crippen LogP contribution >= 0.6 is 0 Å². The molecule has 16 heavy (non-hydrogen) atoms. The van der Waals surface area contributed by atoms with Crippen molar-refractivity contribution in [2.24, 2.45) is 0 Å². The molecule has 2 aromatic rings. The van der Waals surface area contributed by atoms with Crippen molar-refractivity contribution < 1.29 is 9.57 Å². The van der Waals surface area contributed by atoms with Crippen molar-refractivity contribution in [1.82, 2.24) is 4.98 Å². The van der Waals surface area contributed by atoms with Crippen molar-refractivity contribution in [3.63, 3.8) is 0 Å². The second-order valence-electron chi connectivity index (χ2n) is 3.11. The van der Waals surface area contributed by atoms with Crippen molar-refractivity contribution in [2.75, 3.05) is 12.6 Å². The number of pyridine rings is 1. The zero-order chi connectivity index (χ0) is 11.2. The molecule has 1 heterocycles. The van der Waals surface area contributed by atoms with Gasteiger partial charge in [0, 0.05) is 6.07 Å². The number of ether oxygens (including phenoxy) is 1. The monoisotopic (exact) mass is 216 g/mol. The van der Waals surface area contributed by atoms with Crippen molar-refractivity contribution in [3.05, 3.63) is 48.7 Å². The van der Waals surface area contributed by atoms with Gasteiger partial charge in [-0.05, 0) is 18.2 Å². The Morgan fingerprint density at radius 1 is 1.06 bits per heavy atom. The molecule has 0 unspecified atom stereocenters. The lowest BCUT2D eigenvalue weighted by molar-refractivity contribution is 0.271. The Kier molecular flexibility index (Phi) is 3.35. The molecule has 0 spiro atoms. The molecule has 1 aromatic carbocycles. The molecule has 0 amide bonds. The third-order valence-corrected chi connectivity index (χ3v) is 1.92. The Labute approximate surface area is 93.8 Å². The number of rotatable bonds is 4. The molecular formula is C12H12N2O2. The molecule has 4 heteroatoms. The molecular weight excluding hydrogens is 204 g/mol. The number of anilines is 1. The van der Waals surface area contributed by atoms with E-state index in [1.807, 2.05) is 36.4 Å². The van der Waals surface area contributed by atoms with Gasteiger partial charge < -0.3 is 4.74 Å². The van der Waals surface area contributed by atoms with Crippen LogP contribution in [0.4, 0.5) is 5.69 Å². The topological polar surface area (TPSA) is 43.4 Å². The van der Waals surface area contributed by atoms with E-state index >= 15 is 0 Å². The molecule has 0 fully saturated rings. The molecule has 0 saturated heterocycles. The summed E-state index contributed by atoms with van der Waals surface area (Å²) in [5.41, 5.74) is 3.46. The summed E-state index contributed by atoms with van der Waals surface area (Å²) in [5, 5.41) is 0. The van der Waals surface area contributed by atoms with Crippen molar-refractivity contribution >= 4 is 5.69 Å². The summed E-state index contributed by atoms with van der Waals surface area (Å²) in [6, 6.07) is 13.1. The molecule has 4 nitrogen and oxygen atoms in total. The van der Waals surface area contributed by atoms with Gasteiger partial charge in [-0.2, -0.15) is 0 Å². The zero-order valence-corrected chi connectivity index (χ0v) is 8.88. The first kappa shape index (κ1) is 10.4. The molecule has 0 aliphatic carbocycles. The molecule has 1 N–H and O–H groups in total. The molecule has 82 valence electrons. The third kappa shape index (κ3) is 2.71. The Bertz CT molecular complexity index is 429. The number of hydrogen-bond donors (Lipinski definition) is 1. The number of benzene rings is 1. The fourth-order valence-corrected chi connectivity index (χ4v) is 1.23. The van der Waals surface area contributed by atoms with Crippen LogP contribution in [-0.2, 0) is 4.84 Å². The van der Waals surface area contributed by atoms with Crippen LogP contribution in [0.25, 0.3) is 0 Å². The van der Waals surface area contributed by atoms with Crippen LogP contribution in [0, 0.1) is 0 Å². The highest BCUT2D eigenvalue weighted by Gasteiger charge is 1.97. The summed E-state index contributed by atoms with van der Waals surface area (Å²) in [6.07, 6.45) is 1.64. The summed E-state index contributed by atoms with van der Waals surface area (Å²) in [5.74, 6) is 1.32. The van der Waals surface area contributed by atoms with Crippen LogP contribution in [0.2, 0.25) is 0 Å². The number of hydrogen-bond acceptors (Lipinski definition) is 4. The highest BCUT2D eigenvalue weighted by molar-refractivity contribution is 5.40. The maximum absolute atomic E-state index is 5.53. The lowest BCUT2D eigenvalue weighted by Gasteiger charge is -2.05. The van der Waals surface area contributed by atoms with Crippen molar-refractivity contribution in [1.29, 1.82) is 0 Å². The summed E-state index contributed by atoms with van der Waals surface area (Å²) >= 11 is 0. The van der Waals surface area contributed by atoms with E-state index in [-0.39, 0.29) is 0 Å². The van der Waals surface area contributed by atoms with E-state index in [4.69, 9.17) is 9.57 Å². The standard InChI is InChI=1S/C12H12N2O2/c1-15-14-10-7-8-12(13-9-10)16-11-5-3-2-4-6-11/h2-9,14H,1H3. The minimum Gasteiger partial charge on any atom is -0.439 e. The number of aromatic nitrogens is 1. The maximum atomic E-state index is 5.53. The SMILES string of the molecule is CONc1ccc(Oc2ccccc2)nc1. The van der Waals surface area contributed by atoms with Gasteiger partial charge in [-0.25, -0.2) is 4.98 Å². The highest BCUT2D eigenvalue weighted by Crippen LogP contribution is 2.19. The fourth-order valence-electron chi connectivity index (χ4n) is 1.23. The first-order valence-electron chi connectivity index (χ1n) is 4.86. The molecule has 1 aromatic heterocycles. The van der Waals surface area contributed by atoms with Gasteiger partial charge in [-0.15, -0.1) is 0 Å². The average Bonchev–Trinajstić information content (AvgIpc) is 2.33. The van der Waals surface area contributed by atoms with Crippen molar-refractivity contribution in [3.8, 4) is 11.6 Å². The minimum absolute atomic E-state index is 0.549. The summed E-state index contributed by atoms with van der Waals surface area (Å²) in [7, 11) is 1.55. The van der Waals surface area contributed by atoms with E-state index in [2.05, 4.69) is 10.5 Å². The van der Waals surface area contributed by atoms with E-state index < -0.39 is 0 Å². The summed E-state index contributed by atoms with van der Waals surface area (Å²) < 4.78 is 5.53. The van der Waals surface area contributed by atoms with Gasteiger partial charge in [0.2, 0.25) is 5.88 Å². The van der Waals surface area contributed by atoms with Crippen LogP contribution in [0.15, 0.2) is 48.7 Å². The normalized spacial score (nSPS) is 9.81. The van der Waals surface area contributed by atoms with Gasteiger partial charge in [-0.1, -0.05) is 18.2 Å². The lowest BCUT2D eigenvalue weighted by Crippen LogP contribution is -1.96. The van der Waals surface area contributed by atoms with Crippen LogP contribution in [0.5, 0.6) is 11.6 Å². The predicted molar refractivity (Wildman–Crippen MR) is 61.4 cm³/mol. The van der Waals surface area contributed by atoms with E-state index in [0.29, 0.717) is 5.88 Å². The largest absolute Gasteiger partial charge is 0.439 e. The van der Waals surface area contributed by atoms with E-state index in [9.17, 15) is 0 Å². The molecule has 0 saturated carbocycles. The Morgan fingerprint density at radius 2 is 1.88 bits per heavy atom. The van der Waals surface area contributed by atoms with Gasteiger partial charge in [0.05, 0.1) is 19.0 Å². The minimum atomic E-state index is 0.549. The molecule has 0 aliphatic rings. The smallest absolute Gasteiger partial charge is 0.219 e. The number of nitrogens with zero attached hydrogens (tertiary/aromatic N) is 1. The summed E-state index contributed by atoms with van der Waals surface area (Å²) in [4.78, 5) is 8.88. The molecule has 2 rings (SSSR count). The number of nitrogens with one attached hydrogen (secondary N) is 1. The second-order valence-corrected chi connectivity index (χ2v) is 3.11. The molecule has 0 bridgehead atoms. The maximum Gasteiger partial charge on any atom is 0.219 e. The quantitative estimate of drug-likeness (QED) is 0.798. The Hall–Kier alpha value is -2.07. The highest BCUT2D eigenvalue weighted by atomic mass is 16.6. The van der Waals surface area contributed by atoms with Gasteiger partial charge in [0.25, 0.3) is 0 Å². The van der Waals surface area contributed by atoms with Crippen molar-refractivity contribution in [2.45, 2.75) is 0 Å². The molecule has 0 atom stereocenters. The zero-order valence-electron chi connectivity index (χ0n) is 8.88. The predicted octanol–water partition coefficient (Wildman–Crippen LogP) is 2.85.